The van der Waals surface area contributed by atoms with Crippen LogP contribution in [0.2, 0.25) is 0 Å². The highest BCUT2D eigenvalue weighted by molar-refractivity contribution is 5.82. The Kier molecular flexibility index (Phi) is 5.56. The van der Waals surface area contributed by atoms with Crippen molar-refractivity contribution in [3.63, 3.8) is 0 Å². The molecular formula is C13H26N2O3. The fourth-order valence-corrected chi connectivity index (χ4v) is 2.49. The number of carbonyl (C=O) groups is 1. The van der Waals surface area contributed by atoms with Crippen LogP contribution in [0.25, 0.3) is 0 Å². The van der Waals surface area contributed by atoms with Crippen molar-refractivity contribution in [3.05, 3.63) is 0 Å². The lowest BCUT2D eigenvalue weighted by atomic mass is 9.74. The Bertz CT molecular complexity index is 268. The highest BCUT2D eigenvalue weighted by atomic mass is 16.3. The van der Waals surface area contributed by atoms with E-state index < -0.39 is 5.60 Å². The van der Waals surface area contributed by atoms with Gasteiger partial charge in [-0.15, -0.1) is 0 Å². The van der Waals surface area contributed by atoms with Gasteiger partial charge in [-0.3, -0.25) is 4.79 Å². The monoisotopic (exact) mass is 258 g/mol. The Balaban J connectivity index is 2.60. The van der Waals surface area contributed by atoms with E-state index in [0.29, 0.717) is 0 Å². The van der Waals surface area contributed by atoms with Crippen LogP contribution in [0.1, 0.15) is 39.5 Å². The van der Waals surface area contributed by atoms with E-state index in [-0.39, 0.29) is 24.5 Å². The third-order valence-corrected chi connectivity index (χ3v) is 3.74. The molecule has 18 heavy (non-hydrogen) atoms. The minimum absolute atomic E-state index is 0.0135. The van der Waals surface area contributed by atoms with E-state index in [1.807, 2.05) is 0 Å². The van der Waals surface area contributed by atoms with Crippen molar-refractivity contribution >= 4 is 5.91 Å². The molecule has 0 aliphatic carbocycles. The number of hydrogen-bond donors (Lipinski definition) is 4. The van der Waals surface area contributed by atoms with Crippen LogP contribution in [0.5, 0.6) is 0 Å². The third kappa shape index (κ3) is 3.93. The van der Waals surface area contributed by atoms with Gasteiger partial charge in [0.05, 0.1) is 12.0 Å². The van der Waals surface area contributed by atoms with Crippen LogP contribution >= 0.6 is 0 Å². The zero-order valence-corrected chi connectivity index (χ0v) is 11.5. The first-order chi connectivity index (χ1) is 8.46. The zero-order chi connectivity index (χ0) is 13.6. The summed E-state index contributed by atoms with van der Waals surface area (Å²) in [7, 11) is 0. The number of nitrogens with one attached hydrogen (secondary N) is 2. The molecule has 1 aliphatic rings. The number of rotatable bonds is 6. The number of amides is 1. The molecule has 1 heterocycles. The molecule has 1 amide bonds. The molecule has 1 fully saturated rings. The Morgan fingerprint density at radius 1 is 1.44 bits per heavy atom. The van der Waals surface area contributed by atoms with Gasteiger partial charge in [0.2, 0.25) is 5.91 Å². The summed E-state index contributed by atoms with van der Waals surface area (Å²) < 4.78 is 0. The number of piperidine rings is 1. The highest BCUT2D eigenvalue weighted by Crippen LogP contribution is 2.34. The van der Waals surface area contributed by atoms with Crippen LogP contribution in [0.4, 0.5) is 0 Å². The predicted octanol–water partition coefficient (Wildman–Crippen LogP) is 0.0158. The van der Waals surface area contributed by atoms with Crippen molar-refractivity contribution in [2.75, 3.05) is 26.2 Å². The average molecular weight is 258 g/mol. The molecular weight excluding hydrogens is 232 g/mol. The van der Waals surface area contributed by atoms with E-state index in [1.54, 1.807) is 0 Å². The highest BCUT2D eigenvalue weighted by Gasteiger charge is 2.39. The summed E-state index contributed by atoms with van der Waals surface area (Å²) in [5.74, 6) is 0.0135. The molecule has 1 rings (SSSR count). The fraction of sp³-hybridized carbons (Fsp3) is 0.923. The molecule has 1 atom stereocenters. The summed E-state index contributed by atoms with van der Waals surface area (Å²) in [6.07, 6.45) is 3.54. The maximum Gasteiger partial charge on any atom is 0.226 e. The first-order valence-electron chi connectivity index (χ1n) is 6.78. The first kappa shape index (κ1) is 15.4. The van der Waals surface area contributed by atoms with Crippen LogP contribution in [-0.4, -0.2) is 48.0 Å². The number of carbonyl (C=O) groups excluding carboxylic acids is 1. The molecule has 1 aliphatic heterocycles. The predicted molar refractivity (Wildman–Crippen MR) is 70.2 cm³/mol. The van der Waals surface area contributed by atoms with Crippen LogP contribution in [0.15, 0.2) is 0 Å². The van der Waals surface area contributed by atoms with E-state index in [1.165, 1.54) is 6.92 Å². The average Bonchev–Trinajstić information content (AvgIpc) is 2.37. The van der Waals surface area contributed by atoms with Gasteiger partial charge in [-0.2, -0.15) is 0 Å². The summed E-state index contributed by atoms with van der Waals surface area (Å²) >= 11 is 0. The van der Waals surface area contributed by atoms with Crippen molar-refractivity contribution in [3.8, 4) is 0 Å². The second kappa shape index (κ2) is 6.50. The van der Waals surface area contributed by atoms with Crippen molar-refractivity contribution in [2.24, 2.45) is 5.41 Å². The lowest BCUT2D eigenvalue weighted by Gasteiger charge is -2.37. The van der Waals surface area contributed by atoms with E-state index in [4.69, 9.17) is 5.11 Å². The number of aliphatic hydroxyl groups is 2. The number of hydrogen-bond acceptors (Lipinski definition) is 4. The van der Waals surface area contributed by atoms with E-state index >= 15 is 0 Å². The van der Waals surface area contributed by atoms with Crippen LogP contribution in [0.3, 0.4) is 0 Å². The van der Waals surface area contributed by atoms with Crippen molar-refractivity contribution in [1.82, 2.24) is 10.6 Å². The van der Waals surface area contributed by atoms with Gasteiger partial charge in [0.25, 0.3) is 0 Å². The van der Waals surface area contributed by atoms with Gasteiger partial charge < -0.3 is 20.8 Å². The maximum absolute atomic E-state index is 12.3. The molecule has 0 spiro atoms. The van der Waals surface area contributed by atoms with Crippen molar-refractivity contribution in [1.29, 1.82) is 0 Å². The van der Waals surface area contributed by atoms with Gasteiger partial charge in [-0.1, -0.05) is 13.3 Å². The molecule has 0 aromatic heterocycles. The molecule has 0 saturated carbocycles. The van der Waals surface area contributed by atoms with E-state index in [0.717, 1.165) is 38.8 Å². The smallest absolute Gasteiger partial charge is 0.226 e. The lowest BCUT2D eigenvalue weighted by Crippen LogP contribution is -2.51. The van der Waals surface area contributed by atoms with Gasteiger partial charge >= 0.3 is 0 Å². The zero-order valence-electron chi connectivity index (χ0n) is 11.5. The minimum Gasteiger partial charge on any atom is -0.393 e. The third-order valence-electron chi connectivity index (χ3n) is 3.74. The second-order valence-electron chi connectivity index (χ2n) is 5.62. The molecule has 1 unspecified atom stereocenters. The van der Waals surface area contributed by atoms with E-state index in [2.05, 4.69) is 17.6 Å². The Morgan fingerprint density at radius 3 is 2.56 bits per heavy atom. The molecule has 5 nitrogen and oxygen atoms in total. The summed E-state index contributed by atoms with van der Waals surface area (Å²) in [5, 5.41) is 24.7. The summed E-state index contributed by atoms with van der Waals surface area (Å²) in [6.45, 7) is 5.08. The normalized spacial score (nSPS) is 22.2. The fourth-order valence-electron chi connectivity index (χ4n) is 2.49. The quantitative estimate of drug-likeness (QED) is 0.541. The SMILES string of the molecule is CCCC1(C(=O)NCC(C)(O)CO)CCNCC1. The number of aliphatic hydroxyl groups excluding tert-OH is 1. The Labute approximate surface area is 109 Å². The molecule has 1 saturated heterocycles. The molecule has 0 aromatic rings. The van der Waals surface area contributed by atoms with Crippen LogP contribution < -0.4 is 10.6 Å². The molecule has 0 aromatic carbocycles. The molecule has 4 N–H and O–H groups in total. The van der Waals surface area contributed by atoms with Gasteiger partial charge in [-0.05, 0) is 39.3 Å². The van der Waals surface area contributed by atoms with Gasteiger partial charge in [-0.25, -0.2) is 0 Å². The van der Waals surface area contributed by atoms with Crippen molar-refractivity contribution < 1.29 is 15.0 Å². The molecule has 0 bridgehead atoms. The van der Waals surface area contributed by atoms with Crippen LogP contribution in [-0.2, 0) is 4.79 Å². The Hall–Kier alpha value is -0.650. The topological polar surface area (TPSA) is 81.6 Å². The maximum atomic E-state index is 12.3. The van der Waals surface area contributed by atoms with E-state index in [9.17, 15) is 9.90 Å². The van der Waals surface area contributed by atoms with Crippen LogP contribution in [0, 0.1) is 5.41 Å². The second-order valence-corrected chi connectivity index (χ2v) is 5.62. The summed E-state index contributed by atoms with van der Waals surface area (Å²) in [5.41, 5.74) is -1.54. The minimum atomic E-state index is -1.24. The molecule has 5 heteroatoms. The summed E-state index contributed by atoms with van der Waals surface area (Å²) in [6, 6.07) is 0. The first-order valence-corrected chi connectivity index (χ1v) is 6.78. The molecule has 0 radical (unpaired) electrons. The standard InChI is InChI=1S/C13H26N2O3/c1-3-4-13(5-7-14-8-6-13)11(17)15-9-12(2,18)10-16/h14,16,18H,3-10H2,1-2H3,(H,15,17). The van der Waals surface area contributed by atoms with Crippen molar-refractivity contribution in [2.45, 2.75) is 45.1 Å². The Morgan fingerprint density at radius 2 is 2.06 bits per heavy atom. The molecule has 106 valence electrons. The lowest BCUT2D eigenvalue weighted by molar-refractivity contribution is -0.134. The van der Waals surface area contributed by atoms with Gasteiger partial charge in [0, 0.05) is 6.54 Å². The van der Waals surface area contributed by atoms with Gasteiger partial charge in [0.1, 0.15) is 5.60 Å². The largest absolute Gasteiger partial charge is 0.393 e. The summed E-state index contributed by atoms with van der Waals surface area (Å²) in [4.78, 5) is 12.3. The van der Waals surface area contributed by atoms with Gasteiger partial charge in [0.15, 0.2) is 0 Å².